The SMILES string of the molecule is CNC(=O)/C(C(C)=O)=C1C(=C/C=C(/N)c2cccc3cccc(C)c23)/CCC/1=C\C=c1\[nH]c2cccc3cccc1c32. The van der Waals surface area contributed by atoms with E-state index in [0.29, 0.717) is 24.1 Å². The molecule has 5 nitrogen and oxygen atoms in total. The van der Waals surface area contributed by atoms with Gasteiger partial charge in [0, 0.05) is 39.9 Å². The molecule has 42 heavy (non-hydrogen) atoms. The van der Waals surface area contributed by atoms with Crippen LogP contribution in [0.15, 0.2) is 113 Å². The van der Waals surface area contributed by atoms with Crippen LogP contribution in [0.3, 0.4) is 0 Å². The zero-order valence-electron chi connectivity index (χ0n) is 24.0. The number of fused-ring (bicyclic) bond motifs is 1. The third-order valence-electron chi connectivity index (χ3n) is 8.17. The third kappa shape index (κ3) is 4.73. The summed E-state index contributed by atoms with van der Waals surface area (Å²) in [7, 11) is 1.55. The zero-order chi connectivity index (χ0) is 29.4. The number of likely N-dealkylation sites (N-methyl/N-ethyl adjacent to an activating group) is 1. The van der Waals surface area contributed by atoms with Gasteiger partial charge in [0.15, 0.2) is 5.78 Å². The normalized spacial score (nSPS) is 17.7. The Morgan fingerprint density at radius 2 is 1.48 bits per heavy atom. The fraction of sp³-hybridized carbons (Fsp3) is 0.135. The van der Waals surface area contributed by atoms with Gasteiger partial charge >= 0.3 is 0 Å². The summed E-state index contributed by atoms with van der Waals surface area (Å²) in [5, 5.41) is 9.43. The van der Waals surface area contributed by atoms with E-state index in [9.17, 15) is 9.59 Å². The Kier molecular flexibility index (Phi) is 7.09. The lowest BCUT2D eigenvalue weighted by atomic mass is 9.95. The number of benzene rings is 4. The number of Topliss-reactive ketones (excluding diaryl/α,β-unsaturated/α-hetero) is 1. The molecule has 0 saturated heterocycles. The lowest BCUT2D eigenvalue weighted by molar-refractivity contribution is -0.121. The van der Waals surface area contributed by atoms with Gasteiger partial charge in [-0.2, -0.15) is 0 Å². The molecule has 0 atom stereocenters. The van der Waals surface area contributed by atoms with Gasteiger partial charge in [0.05, 0.1) is 5.57 Å². The number of aryl methyl sites for hydroxylation is 1. The first-order valence-electron chi connectivity index (χ1n) is 14.2. The molecule has 6 rings (SSSR count). The maximum Gasteiger partial charge on any atom is 0.255 e. The van der Waals surface area contributed by atoms with Crippen LogP contribution in [0.25, 0.3) is 44.2 Å². The minimum atomic E-state index is -0.387. The monoisotopic (exact) mass is 551 g/mol. The predicted octanol–water partition coefficient (Wildman–Crippen LogP) is 6.56. The first-order valence-corrected chi connectivity index (χ1v) is 14.2. The van der Waals surface area contributed by atoms with E-state index in [2.05, 4.69) is 71.8 Å². The first-order chi connectivity index (χ1) is 20.4. The van der Waals surface area contributed by atoms with E-state index >= 15 is 0 Å². The highest BCUT2D eigenvalue weighted by Gasteiger charge is 2.28. The highest BCUT2D eigenvalue weighted by Crippen LogP contribution is 2.39. The number of hydrogen-bond donors (Lipinski definition) is 3. The van der Waals surface area contributed by atoms with E-state index in [-0.39, 0.29) is 17.3 Å². The number of H-pyrrole nitrogens is 1. The van der Waals surface area contributed by atoms with Crippen LogP contribution in [0.2, 0.25) is 0 Å². The second-order valence-corrected chi connectivity index (χ2v) is 10.8. The molecule has 4 N–H and O–H groups in total. The number of aromatic nitrogens is 1. The van der Waals surface area contributed by atoms with Crippen molar-refractivity contribution in [3.05, 3.63) is 130 Å². The Balaban J connectivity index is 1.48. The summed E-state index contributed by atoms with van der Waals surface area (Å²) < 4.78 is 0. The number of rotatable bonds is 5. The van der Waals surface area contributed by atoms with Gasteiger partial charge in [0.25, 0.3) is 5.91 Å². The number of nitrogens with one attached hydrogen (secondary N) is 2. The zero-order valence-corrected chi connectivity index (χ0v) is 24.0. The maximum absolute atomic E-state index is 13.0. The standard InChI is InChI=1S/C37H33N3O2/c1-22-8-4-9-24-10-5-13-28(33(22)24)30(38)20-18-26-16-17-27(35(26)34(23(2)41)37(42)39-3)19-21-31-29-14-6-11-25-12-7-15-32(40-31)36(25)29/h4-15,18-21,40H,16-17,38H2,1-3H3,(H,39,42)/b26-18+,27-19+,30-20+,31-21+,35-34-. The molecule has 4 aromatic carbocycles. The van der Waals surface area contributed by atoms with Crippen LogP contribution in [-0.2, 0) is 9.59 Å². The summed E-state index contributed by atoms with van der Waals surface area (Å²) in [6, 6.07) is 24.9. The molecule has 0 radical (unpaired) electrons. The largest absolute Gasteiger partial charge is 0.398 e. The van der Waals surface area contributed by atoms with Crippen LogP contribution >= 0.6 is 0 Å². The van der Waals surface area contributed by atoms with Gasteiger partial charge in [-0.3, -0.25) is 9.59 Å². The Morgan fingerprint density at radius 3 is 2.19 bits per heavy atom. The second kappa shape index (κ2) is 11.0. The van der Waals surface area contributed by atoms with Gasteiger partial charge in [-0.05, 0) is 83.3 Å². The molecular weight excluding hydrogens is 518 g/mol. The topological polar surface area (TPSA) is 88.0 Å². The molecular formula is C37H33N3O2. The molecule has 0 bridgehead atoms. The molecule has 1 amide bonds. The van der Waals surface area contributed by atoms with Gasteiger partial charge in [-0.15, -0.1) is 0 Å². The fourth-order valence-electron chi connectivity index (χ4n) is 6.20. The van der Waals surface area contributed by atoms with E-state index in [1.54, 1.807) is 7.05 Å². The summed E-state index contributed by atoms with van der Waals surface area (Å²) in [6.45, 7) is 3.53. The van der Waals surface area contributed by atoms with E-state index < -0.39 is 0 Å². The van der Waals surface area contributed by atoms with E-state index in [0.717, 1.165) is 49.3 Å². The molecule has 1 saturated carbocycles. The van der Waals surface area contributed by atoms with Crippen molar-refractivity contribution in [2.75, 3.05) is 7.05 Å². The second-order valence-electron chi connectivity index (χ2n) is 10.8. The van der Waals surface area contributed by atoms with Crippen molar-refractivity contribution < 1.29 is 9.59 Å². The molecule has 1 heterocycles. The summed E-state index contributed by atoms with van der Waals surface area (Å²) in [5.74, 6) is -0.657. The summed E-state index contributed by atoms with van der Waals surface area (Å²) in [6.07, 6.45) is 9.35. The smallest absolute Gasteiger partial charge is 0.255 e. The van der Waals surface area contributed by atoms with Gasteiger partial charge in [0.2, 0.25) is 0 Å². The molecule has 0 aliphatic heterocycles. The van der Waals surface area contributed by atoms with Crippen molar-refractivity contribution in [3.63, 3.8) is 0 Å². The molecule has 208 valence electrons. The summed E-state index contributed by atoms with van der Waals surface area (Å²) in [4.78, 5) is 29.4. The van der Waals surface area contributed by atoms with E-state index in [1.165, 1.54) is 17.7 Å². The Hall–Kier alpha value is -5.16. The van der Waals surface area contributed by atoms with Crippen LogP contribution in [0.1, 0.15) is 30.9 Å². The Bertz CT molecular complexity index is 2080. The number of amides is 1. The highest BCUT2D eigenvalue weighted by molar-refractivity contribution is 6.20. The predicted molar refractivity (Wildman–Crippen MR) is 174 cm³/mol. The Labute approximate surface area is 244 Å². The van der Waals surface area contributed by atoms with Crippen molar-refractivity contribution in [1.82, 2.24) is 10.3 Å². The van der Waals surface area contributed by atoms with Crippen molar-refractivity contribution >= 4 is 55.9 Å². The molecule has 1 fully saturated rings. The molecule has 5 aromatic rings. The molecule has 5 heteroatoms. The lowest BCUT2D eigenvalue weighted by Crippen LogP contribution is -2.25. The number of hydrogen-bond acceptors (Lipinski definition) is 3. The lowest BCUT2D eigenvalue weighted by Gasteiger charge is -2.11. The maximum atomic E-state index is 13.0. The molecule has 1 aliphatic rings. The van der Waals surface area contributed by atoms with Crippen molar-refractivity contribution in [2.24, 2.45) is 5.73 Å². The average molecular weight is 552 g/mol. The van der Waals surface area contributed by atoms with Crippen molar-refractivity contribution in [1.29, 1.82) is 0 Å². The first kappa shape index (κ1) is 27.0. The molecule has 0 spiro atoms. The van der Waals surface area contributed by atoms with E-state index in [1.807, 2.05) is 42.5 Å². The van der Waals surface area contributed by atoms with Gasteiger partial charge in [-0.25, -0.2) is 0 Å². The summed E-state index contributed by atoms with van der Waals surface area (Å²) >= 11 is 0. The van der Waals surface area contributed by atoms with Crippen molar-refractivity contribution in [2.45, 2.75) is 26.7 Å². The number of carbonyl (C=O) groups is 2. The number of carbonyl (C=O) groups excluding carboxylic acids is 2. The number of allylic oxidation sites excluding steroid dienone is 6. The molecule has 0 unspecified atom stereocenters. The third-order valence-corrected chi connectivity index (χ3v) is 8.17. The number of aromatic amines is 1. The van der Waals surface area contributed by atoms with Gasteiger partial charge in [0.1, 0.15) is 0 Å². The molecule has 1 aromatic heterocycles. The van der Waals surface area contributed by atoms with Crippen LogP contribution in [0.4, 0.5) is 0 Å². The average Bonchev–Trinajstić information content (AvgIpc) is 3.56. The summed E-state index contributed by atoms with van der Waals surface area (Å²) in [5.41, 5.74) is 13.2. The highest BCUT2D eigenvalue weighted by atomic mass is 16.2. The number of nitrogens with two attached hydrogens (primary N) is 1. The van der Waals surface area contributed by atoms with Gasteiger partial charge < -0.3 is 16.0 Å². The van der Waals surface area contributed by atoms with Crippen LogP contribution in [-0.4, -0.2) is 23.7 Å². The minimum Gasteiger partial charge on any atom is -0.398 e. The van der Waals surface area contributed by atoms with E-state index in [4.69, 9.17) is 5.73 Å². The Morgan fingerprint density at radius 1 is 0.833 bits per heavy atom. The fourth-order valence-corrected chi connectivity index (χ4v) is 6.20. The number of ketones is 1. The molecule has 1 aliphatic carbocycles. The van der Waals surface area contributed by atoms with Crippen LogP contribution < -0.4 is 16.4 Å². The van der Waals surface area contributed by atoms with Gasteiger partial charge in [-0.1, -0.05) is 78.9 Å². The quantitative estimate of drug-likeness (QED) is 0.131. The van der Waals surface area contributed by atoms with Crippen molar-refractivity contribution in [3.8, 4) is 0 Å². The van der Waals surface area contributed by atoms with Crippen LogP contribution in [0, 0.1) is 6.92 Å². The van der Waals surface area contributed by atoms with Crippen LogP contribution in [0.5, 0.6) is 0 Å². The minimum absolute atomic E-state index is 0.170.